The minimum absolute atomic E-state index is 0.436. The SMILES string of the molecule is CNC(CCN(C)C(C)C1CC1)c1cccc(Br)c1. The monoisotopic (exact) mass is 324 g/mol. The third kappa shape index (κ3) is 4.30. The summed E-state index contributed by atoms with van der Waals surface area (Å²) in [4.78, 5) is 2.51. The van der Waals surface area contributed by atoms with Crippen LogP contribution >= 0.6 is 15.9 Å². The normalized spacial score (nSPS) is 18.6. The van der Waals surface area contributed by atoms with Crippen molar-refractivity contribution in [2.45, 2.75) is 38.3 Å². The molecule has 0 heterocycles. The Bertz CT molecular complexity index is 403. The fraction of sp³-hybridized carbons (Fsp3) is 0.625. The molecule has 1 saturated carbocycles. The Balaban J connectivity index is 1.88. The first-order valence-corrected chi connectivity index (χ1v) is 8.04. The number of hydrogen-bond acceptors (Lipinski definition) is 2. The molecule has 1 fully saturated rings. The number of nitrogens with zero attached hydrogens (tertiary/aromatic N) is 1. The van der Waals surface area contributed by atoms with Crippen LogP contribution in [-0.2, 0) is 0 Å². The summed E-state index contributed by atoms with van der Waals surface area (Å²) in [6.07, 6.45) is 4.00. The molecule has 2 atom stereocenters. The Morgan fingerprint density at radius 2 is 2.16 bits per heavy atom. The fourth-order valence-corrected chi connectivity index (χ4v) is 3.09. The summed E-state index contributed by atoms with van der Waals surface area (Å²) in [6.45, 7) is 3.51. The van der Waals surface area contributed by atoms with Gasteiger partial charge in [-0.05, 0) is 70.4 Å². The van der Waals surface area contributed by atoms with E-state index in [1.807, 2.05) is 0 Å². The van der Waals surface area contributed by atoms with Gasteiger partial charge in [-0.3, -0.25) is 0 Å². The molecule has 0 spiro atoms. The molecule has 0 radical (unpaired) electrons. The highest BCUT2D eigenvalue weighted by atomic mass is 79.9. The van der Waals surface area contributed by atoms with Crippen LogP contribution in [-0.4, -0.2) is 31.6 Å². The van der Waals surface area contributed by atoms with Gasteiger partial charge in [0.25, 0.3) is 0 Å². The van der Waals surface area contributed by atoms with E-state index in [-0.39, 0.29) is 0 Å². The first-order valence-electron chi connectivity index (χ1n) is 7.24. The summed E-state index contributed by atoms with van der Waals surface area (Å²) < 4.78 is 1.16. The van der Waals surface area contributed by atoms with Gasteiger partial charge in [0.05, 0.1) is 0 Å². The zero-order valence-corrected chi connectivity index (χ0v) is 13.8. The van der Waals surface area contributed by atoms with Crippen molar-refractivity contribution in [3.63, 3.8) is 0 Å². The Morgan fingerprint density at radius 1 is 1.42 bits per heavy atom. The van der Waals surface area contributed by atoms with Crippen molar-refractivity contribution in [1.82, 2.24) is 10.2 Å². The number of rotatable bonds is 7. The highest BCUT2D eigenvalue weighted by Gasteiger charge is 2.30. The van der Waals surface area contributed by atoms with E-state index in [0.29, 0.717) is 6.04 Å². The molecule has 0 aromatic heterocycles. The molecule has 106 valence electrons. The minimum Gasteiger partial charge on any atom is -0.313 e. The van der Waals surface area contributed by atoms with Crippen LogP contribution < -0.4 is 5.32 Å². The quantitative estimate of drug-likeness (QED) is 0.820. The van der Waals surface area contributed by atoms with Crippen LogP contribution in [0.3, 0.4) is 0 Å². The van der Waals surface area contributed by atoms with Gasteiger partial charge in [-0.2, -0.15) is 0 Å². The molecule has 0 saturated heterocycles. The second-order valence-corrected chi connectivity index (χ2v) is 6.66. The van der Waals surface area contributed by atoms with Crippen LogP contribution in [0.5, 0.6) is 0 Å². The van der Waals surface area contributed by atoms with E-state index in [1.54, 1.807) is 0 Å². The highest BCUT2D eigenvalue weighted by molar-refractivity contribution is 9.10. The smallest absolute Gasteiger partial charge is 0.0330 e. The van der Waals surface area contributed by atoms with Crippen LogP contribution in [0.1, 0.15) is 37.8 Å². The van der Waals surface area contributed by atoms with Gasteiger partial charge in [-0.15, -0.1) is 0 Å². The van der Waals surface area contributed by atoms with Gasteiger partial charge in [0, 0.05) is 16.6 Å². The Hall–Kier alpha value is -0.380. The van der Waals surface area contributed by atoms with E-state index in [9.17, 15) is 0 Å². The summed E-state index contributed by atoms with van der Waals surface area (Å²) in [7, 11) is 4.31. The maximum atomic E-state index is 3.55. The van der Waals surface area contributed by atoms with Gasteiger partial charge < -0.3 is 10.2 Å². The van der Waals surface area contributed by atoms with Crippen molar-refractivity contribution in [2.75, 3.05) is 20.6 Å². The molecule has 0 amide bonds. The van der Waals surface area contributed by atoms with Gasteiger partial charge in [0.15, 0.2) is 0 Å². The summed E-state index contributed by atoms with van der Waals surface area (Å²) in [5.74, 6) is 0.948. The first-order chi connectivity index (χ1) is 9.11. The zero-order valence-electron chi connectivity index (χ0n) is 12.2. The van der Waals surface area contributed by atoms with Crippen LogP contribution in [0.2, 0.25) is 0 Å². The number of halogens is 1. The molecule has 1 aromatic carbocycles. The summed E-state index contributed by atoms with van der Waals surface area (Å²) in [6, 6.07) is 9.78. The predicted octanol–water partition coefficient (Wildman–Crippen LogP) is 3.83. The van der Waals surface area contributed by atoms with Crippen LogP contribution in [0.4, 0.5) is 0 Å². The molecule has 2 rings (SSSR count). The topological polar surface area (TPSA) is 15.3 Å². The average Bonchev–Trinajstić information content (AvgIpc) is 3.22. The van der Waals surface area contributed by atoms with Crippen molar-refractivity contribution in [3.8, 4) is 0 Å². The lowest BCUT2D eigenvalue weighted by atomic mass is 10.0. The number of nitrogens with one attached hydrogen (secondary N) is 1. The molecule has 19 heavy (non-hydrogen) atoms. The minimum atomic E-state index is 0.436. The van der Waals surface area contributed by atoms with Gasteiger partial charge in [-0.25, -0.2) is 0 Å². The molecule has 0 aliphatic heterocycles. The highest BCUT2D eigenvalue weighted by Crippen LogP contribution is 2.34. The Labute approximate surface area is 125 Å². The van der Waals surface area contributed by atoms with Crippen LogP contribution in [0.15, 0.2) is 28.7 Å². The first kappa shape index (κ1) is 15.0. The molecule has 1 aromatic rings. The van der Waals surface area contributed by atoms with Gasteiger partial charge in [-0.1, -0.05) is 28.1 Å². The van der Waals surface area contributed by atoms with Gasteiger partial charge in [0.2, 0.25) is 0 Å². The van der Waals surface area contributed by atoms with Crippen LogP contribution in [0.25, 0.3) is 0 Å². The van der Waals surface area contributed by atoms with E-state index >= 15 is 0 Å². The molecule has 2 unspecified atom stereocenters. The molecule has 1 N–H and O–H groups in total. The zero-order chi connectivity index (χ0) is 13.8. The van der Waals surface area contributed by atoms with Crippen molar-refractivity contribution >= 4 is 15.9 Å². The van der Waals surface area contributed by atoms with Crippen LogP contribution in [0, 0.1) is 5.92 Å². The molecular formula is C16H25BrN2. The second-order valence-electron chi connectivity index (χ2n) is 5.74. The lowest BCUT2D eigenvalue weighted by molar-refractivity contribution is 0.223. The van der Waals surface area contributed by atoms with Crippen molar-refractivity contribution in [1.29, 1.82) is 0 Å². The van der Waals surface area contributed by atoms with E-state index in [0.717, 1.165) is 29.4 Å². The number of benzene rings is 1. The summed E-state index contributed by atoms with van der Waals surface area (Å²) >= 11 is 3.55. The van der Waals surface area contributed by atoms with Gasteiger partial charge >= 0.3 is 0 Å². The Kier molecular flexibility index (Phi) is 5.43. The predicted molar refractivity (Wildman–Crippen MR) is 85.4 cm³/mol. The van der Waals surface area contributed by atoms with Crippen molar-refractivity contribution in [3.05, 3.63) is 34.3 Å². The molecule has 1 aliphatic rings. The summed E-state index contributed by atoms with van der Waals surface area (Å²) in [5, 5.41) is 3.44. The average molecular weight is 325 g/mol. The maximum Gasteiger partial charge on any atom is 0.0330 e. The van der Waals surface area contributed by atoms with E-state index in [4.69, 9.17) is 0 Å². The lowest BCUT2D eigenvalue weighted by Gasteiger charge is -2.27. The maximum absolute atomic E-state index is 3.55. The van der Waals surface area contributed by atoms with E-state index in [2.05, 4.69) is 71.4 Å². The van der Waals surface area contributed by atoms with E-state index in [1.165, 1.54) is 18.4 Å². The standard InChI is InChI=1S/C16H25BrN2/c1-12(13-7-8-13)19(3)10-9-16(18-2)14-5-4-6-15(17)11-14/h4-6,11-13,16,18H,7-10H2,1-3H3. The third-order valence-corrected chi connectivity index (χ3v) is 4.86. The third-order valence-electron chi connectivity index (χ3n) is 4.37. The van der Waals surface area contributed by atoms with Crippen molar-refractivity contribution in [2.24, 2.45) is 5.92 Å². The largest absolute Gasteiger partial charge is 0.313 e. The van der Waals surface area contributed by atoms with E-state index < -0.39 is 0 Å². The number of hydrogen-bond donors (Lipinski definition) is 1. The molecule has 2 nitrogen and oxygen atoms in total. The second kappa shape index (κ2) is 6.87. The molecule has 3 heteroatoms. The van der Waals surface area contributed by atoms with Gasteiger partial charge in [0.1, 0.15) is 0 Å². The fourth-order valence-electron chi connectivity index (χ4n) is 2.68. The van der Waals surface area contributed by atoms with Crippen molar-refractivity contribution < 1.29 is 0 Å². The lowest BCUT2D eigenvalue weighted by Crippen LogP contribution is -2.33. The molecular weight excluding hydrogens is 300 g/mol. The molecule has 0 bridgehead atoms. The Morgan fingerprint density at radius 3 is 2.74 bits per heavy atom. The summed E-state index contributed by atoms with van der Waals surface area (Å²) in [5.41, 5.74) is 1.37. The molecule has 1 aliphatic carbocycles.